The molecule has 2 atom stereocenters. The maximum atomic E-state index is 14.1. The fourth-order valence-electron chi connectivity index (χ4n) is 5.21. The molecule has 0 fully saturated rings. The Morgan fingerprint density at radius 2 is 1.82 bits per heavy atom. The predicted octanol–water partition coefficient (Wildman–Crippen LogP) is 2.10. The number of carbonyl (C=O) groups excluding carboxylic acids is 3. The molecule has 0 radical (unpaired) electrons. The van der Waals surface area contributed by atoms with E-state index < -0.39 is 28.9 Å². The normalized spacial score (nSPS) is 25.0. The van der Waals surface area contributed by atoms with Crippen LogP contribution in [0.2, 0.25) is 0 Å². The van der Waals surface area contributed by atoms with Crippen molar-refractivity contribution in [2.45, 2.75) is 33.4 Å². The minimum absolute atomic E-state index is 0.00518. The van der Waals surface area contributed by atoms with E-state index in [0.717, 1.165) is 0 Å². The quantitative estimate of drug-likeness (QED) is 0.646. The average molecular weight is 451 g/mol. The maximum absolute atomic E-state index is 14.1. The van der Waals surface area contributed by atoms with Crippen molar-refractivity contribution in [1.29, 1.82) is 5.26 Å². The molecule has 0 aromatic heterocycles. The van der Waals surface area contributed by atoms with Crippen molar-refractivity contribution < 1.29 is 28.6 Å². The summed E-state index contributed by atoms with van der Waals surface area (Å²) in [5.74, 6) is -2.55. The molecule has 9 heteroatoms. The van der Waals surface area contributed by atoms with Crippen molar-refractivity contribution in [2.75, 3.05) is 19.8 Å². The van der Waals surface area contributed by atoms with E-state index in [-0.39, 0.29) is 54.0 Å². The summed E-state index contributed by atoms with van der Waals surface area (Å²) >= 11 is 0. The third-order valence-electron chi connectivity index (χ3n) is 6.13. The van der Waals surface area contributed by atoms with Gasteiger partial charge in [-0.25, -0.2) is 9.59 Å². The highest BCUT2D eigenvalue weighted by atomic mass is 16.6. The summed E-state index contributed by atoms with van der Waals surface area (Å²) in [6.45, 7) is 7.34. The van der Waals surface area contributed by atoms with Crippen LogP contribution in [0, 0.1) is 22.7 Å². The largest absolute Gasteiger partial charge is 0.463 e. The zero-order valence-corrected chi connectivity index (χ0v) is 18.9. The summed E-state index contributed by atoms with van der Waals surface area (Å²) in [5.41, 5.74) is 2.51. The van der Waals surface area contributed by atoms with Crippen LogP contribution in [-0.4, -0.2) is 42.4 Å². The number of hydrogen-bond acceptors (Lipinski definition) is 9. The maximum Gasteiger partial charge on any atom is 0.355 e. The van der Waals surface area contributed by atoms with Crippen molar-refractivity contribution in [1.82, 2.24) is 4.90 Å². The Labute approximate surface area is 191 Å². The second-order valence-corrected chi connectivity index (χ2v) is 8.39. The van der Waals surface area contributed by atoms with Gasteiger partial charge in [0.15, 0.2) is 11.2 Å². The van der Waals surface area contributed by atoms with Crippen LogP contribution in [0.3, 0.4) is 0 Å². The number of rotatable bonds is 6. The standard InChI is InChI=1S/C24H25N3O6/c1-5-31-21(29)17-18(22(30)32-6-2)27(12-13(3)4)24-15-10-8-7-9-14(15)19(28)23(17,24)16(11-25)20(26)33-24/h7-10,13H,5-6,12,26H2,1-4H3/t23-,24-/m1/s1. The van der Waals surface area contributed by atoms with E-state index in [1.807, 2.05) is 19.9 Å². The first-order valence-corrected chi connectivity index (χ1v) is 10.8. The second-order valence-electron chi connectivity index (χ2n) is 8.39. The molecule has 0 unspecified atom stereocenters. The Kier molecular flexibility index (Phi) is 5.20. The van der Waals surface area contributed by atoms with E-state index in [2.05, 4.69) is 0 Å². The molecular weight excluding hydrogens is 426 g/mol. The van der Waals surface area contributed by atoms with Crippen molar-refractivity contribution in [2.24, 2.45) is 17.1 Å². The minimum Gasteiger partial charge on any atom is -0.463 e. The molecule has 2 heterocycles. The zero-order valence-electron chi connectivity index (χ0n) is 18.9. The van der Waals surface area contributed by atoms with Crippen LogP contribution in [-0.2, 0) is 29.5 Å². The van der Waals surface area contributed by atoms with Crippen LogP contribution in [0.4, 0.5) is 0 Å². The highest BCUT2D eigenvalue weighted by Gasteiger charge is 2.82. The van der Waals surface area contributed by atoms with Crippen LogP contribution < -0.4 is 5.73 Å². The minimum atomic E-state index is -1.99. The fourth-order valence-corrected chi connectivity index (χ4v) is 5.21. The van der Waals surface area contributed by atoms with Crippen molar-refractivity contribution in [3.63, 3.8) is 0 Å². The first-order chi connectivity index (χ1) is 15.7. The Morgan fingerprint density at radius 3 is 2.42 bits per heavy atom. The van der Waals surface area contributed by atoms with Crippen LogP contribution >= 0.6 is 0 Å². The zero-order chi connectivity index (χ0) is 24.1. The Morgan fingerprint density at radius 1 is 1.18 bits per heavy atom. The van der Waals surface area contributed by atoms with Gasteiger partial charge in [0.25, 0.3) is 0 Å². The van der Waals surface area contributed by atoms with Gasteiger partial charge >= 0.3 is 11.9 Å². The number of esters is 2. The number of nitrogens with zero attached hydrogens (tertiary/aromatic N) is 2. The van der Waals surface area contributed by atoms with Gasteiger partial charge in [-0.2, -0.15) is 5.26 Å². The number of carbonyl (C=O) groups is 3. The topological polar surface area (TPSA) is 132 Å². The van der Waals surface area contributed by atoms with Gasteiger partial charge in [-0.15, -0.1) is 0 Å². The summed E-state index contributed by atoms with van der Waals surface area (Å²) in [7, 11) is 0. The number of fused-ring (bicyclic) bond motifs is 1. The molecule has 0 spiro atoms. The number of ketones is 1. The van der Waals surface area contributed by atoms with Gasteiger partial charge < -0.3 is 24.8 Å². The van der Waals surface area contributed by atoms with Crippen LogP contribution in [0.1, 0.15) is 43.6 Å². The van der Waals surface area contributed by atoms with Crippen LogP contribution in [0.5, 0.6) is 0 Å². The lowest BCUT2D eigenvalue weighted by atomic mass is 9.68. The summed E-state index contributed by atoms with van der Waals surface area (Å²) in [5, 5.41) is 10.1. The molecule has 0 bridgehead atoms. The molecule has 1 aromatic rings. The van der Waals surface area contributed by atoms with Gasteiger partial charge in [-0.3, -0.25) is 4.79 Å². The second kappa shape index (κ2) is 7.66. The first-order valence-electron chi connectivity index (χ1n) is 10.8. The molecule has 9 nitrogen and oxygen atoms in total. The molecule has 0 saturated heterocycles. The molecule has 1 aliphatic carbocycles. The van der Waals surface area contributed by atoms with E-state index in [0.29, 0.717) is 5.56 Å². The molecule has 172 valence electrons. The van der Waals surface area contributed by atoms with E-state index in [1.165, 1.54) is 0 Å². The van der Waals surface area contributed by atoms with E-state index in [9.17, 15) is 19.6 Å². The Bertz CT molecular complexity index is 1180. The van der Waals surface area contributed by atoms with Crippen LogP contribution in [0.25, 0.3) is 0 Å². The summed E-state index contributed by atoms with van der Waals surface area (Å²) in [6.07, 6.45) is 0. The summed E-state index contributed by atoms with van der Waals surface area (Å²) in [4.78, 5) is 42.4. The molecule has 2 aliphatic heterocycles. The summed E-state index contributed by atoms with van der Waals surface area (Å²) in [6, 6.07) is 8.70. The van der Waals surface area contributed by atoms with E-state index >= 15 is 0 Å². The highest BCUT2D eigenvalue weighted by molar-refractivity contribution is 6.19. The van der Waals surface area contributed by atoms with Gasteiger partial charge in [-0.1, -0.05) is 38.1 Å². The lowest BCUT2D eigenvalue weighted by molar-refractivity contribution is -0.152. The van der Waals surface area contributed by atoms with Gasteiger partial charge in [0, 0.05) is 17.7 Å². The fraction of sp³-hybridized carbons (Fsp3) is 0.417. The number of benzene rings is 1. The number of ether oxygens (including phenoxy) is 3. The van der Waals surface area contributed by atoms with Gasteiger partial charge in [0.1, 0.15) is 17.3 Å². The third-order valence-corrected chi connectivity index (χ3v) is 6.13. The van der Waals surface area contributed by atoms with E-state index in [1.54, 1.807) is 43.0 Å². The third kappa shape index (κ3) is 2.55. The molecule has 3 aliphatic rings. The van der Waals surface area contributed by atoms with Crippen molar-refractivity contribution in [3.8, 4) is 6.07 Å². The summed E-state index contributed by atoms with van der Waals surface area (Å²) < 4.78 is 16.8. The molecule has 0 amide bonds. The molecule has 4 rings (SSSR count). The Balaban J connectivity index is 2.18. The number of nitrogens with two attached hydrogens (primary N) is 1. The average Bonchev–Trinajstić information content (AvgIpc) is 3.25. The molecule has 33 heavy (non-hydrogen) atoms. The molecule has 0 saturated carbocycles. The molecule has 1 aromatic carbocycles. The van der Waals surface area contributed by atoms with Gasteiger partial charge in [0.05, 0.1) is 18.8 Å². The molecular formula is C24H25N3O6. The smallest absolute Gasteiger partial charge is 0.355 e. The highest BCUT2D eigenvalue weighted by Crippen LogP contribution is 2.70. The predicted molar refractivity (Wildman–Crippen MR) is 115 cm³/mol. The lowest BCUT2D eigenvalue weighted by Gasteiger charge is -2.42. The number of Topliss-reactive ketones (excluding diaryl/α,β-unsaturated/α-hetero) is 1. The number of nitriles is 1. The molecule has 2 N–H and O–H groups in total. The van der Waals surface area contributed by atoms with Gasteiger partial charge in [-0.05, 0) is 19.8 Å². The SMILES string of the molecule is CCOC(=O)C1=C(C(=O)OCC)[C@]23C(=O)c4ccccc4[C@]2(OC(N)=C3C#N)N1CC(C)C. The monoisotopic (exact) mass is 451 g/mol. The Hall–Kier alpha value is -3.80. The van der Waals surface area contributed by atoms with Crippen molar-refractivity contribution in [3.05, 3.63) is 58.1 Å². The van der Waals surface area contributed by atoms with Crippen molar-refractivity contribution >= 4 is 17.7 Å². The number of hydrogen-bond donors (Lipinski definition) is 1. The van der Waals surface area contributed by atoms with E-state index in [4.69, 9.17) is 19.9 Å². The lowest BCUT2D eigenvalue weighted by Crippen LogP contribution is -2.53. The first kappa shape index (κ1) is 22.4. The van der Waals surface area contributed by atoms with Gasteiger partial charge in [0.2, 0.25) is 11.6 Å². The van der Waals surface area contributed by atoms with Crippen LogP contribution in [0.15, 0.2) is 47.0 Å².